The van der Waals surface area contributed by atoms with Crippen LogP contribution in [0.15, 0.2) is 48.0 Å². The van der Waals surface area contributed by atoms with E-state index in [4.69, 9.17) is 4.74 Å². The minimum absolute atomic E-state index is 0.0241. The van der Waals surface area contributed by atoms with Crippen molar-refractivity contribution in [1.82, 2.24) is 9.80 Å². The number of carbonyl (C=O) groups is 2. The molecule has 0 aliphatic carbocycles. The molecule has 1 aliphatic rings. The molecule has 2 aromatic carbocycles. The molecule has 194 valence electrons. The van der Waals surface area contributed by atoms with Crippen molar-refractivity contribution in [1.29, 1.82) is 0 Å². The lowest BCUT2D eigenvalue weighted by atomic mass is 9.85. The Morgan fingerprint density at radius 3 is 2.31 bits per heavy atom. The Morgan fingerprint density at radius 2 is 1.75 bits per heavy atom. The number of rotatable bonds is 9. The first-order valence-electron chi connectivity index (χ1n) is 12.7. The molecular weight excluding hydrogens is 452 g/mol. The number of hydrogen-bond donors (Lipinski definition) is 1. The Labute approximate surface area is 215 Å². The number of aryl methyl sites for hydroxylation is 1. The van der Waals surface area contributed by atoms with Gasteiger partial charge in [-0.15, -0.1) is 0 Å². The molecule has 1 atom stereocenters. The monoisotopic (exact) mass is 492 g/mol. The molecule has 0 radical (unpaired) electrons. The van der Waals surface area contributed by atoms with Crippen LogP contribution >= 0.6 is 0 Å². The van der Waals surface area contributed by atoms with E-state index in [9.17, 15) is 14.7 Å². The van der Waals surface area contributed by atoms with Gasteiger partial charge in [-0.3, -0.25) is 9.59 Å². The van der Waals surface area contributed by atoms with Crippen molar-refractivity contribution in [2.24, 2.45) is 0 Å². The van der Waals surface area contributed by atoms with Crippen LogP contribution in [0.2, 0.25) is 0 Å². The highest BCUT2D eigenvalue weighted by atomic mass is 16.5. The van der Waals surface area contributed by atoms with Crippen molar-refractivity contribution in [2.45, 2.75) is 58.9 Å². The number of ether oxygens (including phenoxy) is 1. The Bertz CT molecular complexity index is 1130. The predicted molar refractivity (Wildman–Crippen MR) is 144 cm³/mol. The number of likely N-dealkylation sites (tertiary alicyclic amines) is 1. The lowest BCUT2D eigenvalue weighted by Crippen LogP contribution is -2.35. The molecule has 36 heavy (non-hydrogen) atoms. The van der Waals surface area contributed by atoms with Crippen LogP contribution in [0, 0.1) is 6.92 Å². The van der Waals surface area contributed by atoms with E-state index in [1.54, 1.807) is 11.0 Å². The number of ketones is 1. The van der Waals surface area contributed by atoms with E-state index in [1.807, 2.05) is 62.3 Å². The number of benzene rings is 2. The van der Waals surface area contributed by atoms with Gasteiger partial charge in [0, 0.05) is 18.7 Å². The first-order valence-corrected chi connectivity index (χ1v) is 12.7. The number of Topliss-reactive ketones (excluding diaryl/α,β-unsaturated/α-hetero) is 1. The summed E-state index contributed by atoms with van der Waals surface area (Å²) in [7, 11) is 3.85. The molecule has 0 saturated carbocycles. The highest BCUT2D eigenvalue weighted by molar-refractivity contribution is 6.46. The molecule has 1 heterocycles. The van der Waals surface area contributed by atoms with Gasteiger partial charge in [0.25, 0.3) is 11.7 Å². The third kappa shape index (κ3) is 5.98. The zero-order chi connectivity index (χ0) is 26.6. The summed E-state index contributed by atoms with van der Waals surface area (Å²) in [5.74, 6) is -0.647. The lowest BCUT2D eigenvalue weighted by molar-refractivity contribution is -0.140. The van der Waals surface area contributed by atoms with Gasteiger partial charge in [-0.25, -0.2) is 0 Å². The maximum Gasteiger partial charge on any atom is 0.295 e. The van der Waals surface area contributed by atoms with Crippen molar-refractivity contribution in [3.8, 4) is 5.75 Å². The normalized spacial score (nSPS) is 17.8. The second kappa shape index (κ2) is 11.3. The van der Waals surface area contributed by atoms with Gasteiger partial charge >= 0.3 is 0 Å². The van der Waals surface area contributed by atoms with Crippen LogP contribution in [0.4, 0.5) is 0 Å². The number of likely N-dealkylation sites (N-methyl/N-ethyl adjacent to an activating group) is 1. The fourth-order valence-electron chi connectivity index (χ4n) is 4.37. The third-order valence-electron chi connectivity index (χ3n) is 6.62. The molecule has 0 spiro atoms. The van der Waals surface area contributed by atoms with Gasteiger partial charge in [0.2, 0.25) is 0 Å². The van der Waals surface area contributed by atoms with Gasteiger partial charge in [0.15, 0.2) is 0 Å². The number of amides is 1. The summed E-state index contributed by atoms with van der Waals surface area (Å²) in [6, 6.07) is 12.7. The van der Waals surface area contributed by atoms with E-state index in [0.717, 1.165) is 35.3 Å². The maximum atomic E-state index is 13.3. The Balaban J connectivity index is 2.07. The van der Waals surface area contributed by atoms with E-state index in [0.29, 0.717) is 25.3 Å². The smallest absolute Gasteiger partial charge is 0.295 e. The van der Waals surface area contributed by atoms with Crippen molar-refractivity contribution >= 4 is 17.4 Å². The molecule has 3 rings (SSSR count). The summed E-state index contributed by atoms with van der Waals surface area (Å²) < 4.78 is 5.84. The van der Waals surface area contributed by atoms with Crippen LogP contribution in [0.3, 0.4) is 0 Å². The zero-order valence-corrected chi connectivity index (χ0v) is 22.7. The quantitative estimate of drug-likeness (QED) is 0.218. The second-order valence-electron chi connectivity index (χ2n) is 10.9. The summed E-state index contributed by atoms with van der Waals surface area (Å²) in [6.07, 6.45) is 2.01. The fraction of sp³-hybridized carbons (Fsp3) is 0.467. The highest BCUT2D eigenvalue weighted by Crippen LogP contribution is 2.40. The number of unbranched alkanes of at least 4 members (excludes halogenated alkanes) is 1. The van der Waals surface area contributed by atoms with Crippen LogP contribution in [0.5, 0.6) is 5.75 Å². The fourth-order valence-corrected chi connectivity index (χ4v) is 4.37. The van der Waals surface area contributed by atoms with Gasteiger partial charge in [-0.05, 0) is 67.7 Å². The molecular formula is C30H40N2O4. The molecule has 1 N–H and O–H groups in total. The summed E-state index contributed by atoms with van der Waals surface area (Å²) >= 11 is 0. The van der Waals surface area contributed by atoms with E-state index < -0.39 is 17.7 Å². The van der Waals surface area contributed by atoms with Crippen LogP contribution in [0.25, 0.3) is 5.76 Å². The summed E-state index contributed by atoms with van der Waals surface area (Å²) in [5.41, 5.74) is 3.43. The summed E-state index contributed by atoms with van der Waals surface area (Å²) in [6.45, 7) is 12.1. The average Bonchev–Trinajstić information content (AvgIpc) is 3.07. The van der Waals surface area contributed by atoms with Crippen molar-refractivity contribution in [3.05, 3.63) is 70.3 Å². The molecule has 6 heteroatoms. The third-order valence-corrected chi connectivity index (χ3v) is 6.62. The number of aliphatic hydroxyl groups excluding tert-OH is 1. The van der Waals surface area contributed by atoms with E-state index in [2.05, 4.69) is 27.7 Å². The molecule has 2 aromatic rings. The largest absolute Gasteiger partial charge is 0.507 e. The Kier molecular flexibility index (Phi) is 8.62. The average molecular weight is 493 g/mol. The number of hydrogen-bond acceptors (Lipinski definition) is 5. The van der Waals surface area contributed by atoms with Gasteiger partial charge in [0.05, 0.1) is 18.2 Å². The maximum absolute atomic E-state index is 13.3. The van der Waals surface area contributed by atoms with Gasteiger partial charge in [0.1, 0.15) is 11.5 Å². The van der Waals surface area contributed by atoms with Crippen LogP contribution in [-0.4, -0.2) is 60.4 Å². The molecule has 1 saturated heterocycles. The van der Waals surface area contributed by atoms with Crippen LogP contribution < -0.4 is 4.74 Å². The van der Waals surface area contributed by atoms with Gasteiger partial charge in [-0.1, -0.05) is 58.4 Å². The summed E-state index contributed by atoms with van der Waals surface area (Å²) in [5, 5.41) is 11.4. The highest BCUT2D eigenvalue weighted by Gasteiger charge is 2.46. The molecule has 1 aliphatic heterocycles. The SMILES string of the molecule is CCCCOc1ccc(C(O)=C2C(=O)C(=O)N(CCN(C)C)[C@@H]2c2ccc(C(C)(C)C)cc2)cc1C. The van der Waals surface area contributed by atoms with Crippen molar-refractivity contribution in [3.63, 3.8) is 0 Å². The molecule has 1 fully saturated rings. The minimum atomic E-state index is -0.655. The lowest BCUT2D eigenvalue weighted by Gasteiger charge is -2.27. The predicted octanol–water partition coefficient (Wildman–Crippen LogP) is 5.45. The number of nitrogens with zero attached hydrogens (tertiary/aromatic N) is 2. The molecule has 0 aromatic heterocycles. The van der Waals surface area contributed by atoms with Crippen molar-refractivity contribution < 1.29 is 19.4 Å². The first-order chi connectivity index (χ1) is 17.0. The number of carbonyl (C=O) groups excluding carboxylic acids is 2. The number of aliphatic hydroxyl groups is 1. The molecule has 0 unspecified atom stereocenters. The zero-order valence-electron chi connectivity index (χ0n) is 22.7. The minimum Gasteiger partial charge on any atom is -0.507 e. The second-order valence-corrected chi connectivity index (χ2v) is 10.9. The van der Waals surface area contributed by atoms with E-state index in [-0.39, 0.29) is 16.7 Å². The van der Waals surface area contributed by atoms with E-state index >= 15 is 0 Å². The molecule has 6 nitrogen and oxygen atoms in total. The van der Waals surface area contributed by atoms with E-state index in [1.165, 1.54) is 0 Å². The Hall–Kier alpha value is -3.12. The first kappa shape index (κ1) is 27.5. The van der Waals surface area contributed by atoms with Crippen LogP contribution in [-0.2, 0) is 15.0 Å². The van der Waals surface area contributed by atoms with Gasteiger partial charge < -0.3 is 19.6 Å². The van der Waals surface area contributed by atoms with Gasteiger partial charge in [-0.2, -0.15) is 0 Å². The molecule has 1 amide bonds. The Morgan fingerprint density at radius 1 is 1.08 bits per heavy atom. The topological polar surface area (TPSA) is 70.1 Å². The summed E-state index contributed by atoms with van der Waals surface area (Å²) in [4.78, 5) is 29.9. The molecule has 0 bridgehead atoms. The van der Waals surface area contributed by atoms with Crippen LogP contribution in [0.1, 0.15) is 68.8 Å². The van der Waals surface area contributed by atoms with Crippen molar-refractivity contribution in [2.75, 3.05) is 33.8 Å². The standard InChI is InChI=1S/C30H40N2O4/c1-8-9-18-36-24-15-12-22(19-20(24)2)27(33)25-26(21-10-13-23(14-11-21)30(3,4)5)32(17-16-31(6)7)29(35)28(25)34/h10-15,19,26,33H,8-9,16-18H2,1-7H3/t26-/m1/s1.